The Morgan fingerprint density at radius 2 is 2.00 bits per heavy atom. The average Bonchev–Trinajstić information content (AvgIpc) is 2.97. The molecule has 0 radical (unpaired) electrons. The number of rotatable bonds is 5. The van der Waals surface area contributed by atoms with E-state index in [0.29, 0.717) is 19.6 Å². The first-order valence-corrected chi connectivity index (χ1v) is 8.40. The fraction of sp³-hybridized carbons (Fsp3) is 0.611. The molecule has 1 saturated heterocycles. The third kappa shape index (κ3) is 4.24. The van der Waals surface area contributed by atoms with Crippen molar-refractivity contribution in [2.75, 3.05) is 20.3 Å². The minimum atomic E-state index is -0.371. The lowest BCUT2D eigenvalue weighted by Gasteiger charge is -2.31. The molecule has 126 valence electrons. The van der Waals surface area contributed by atoms with Gasteiger partial charge in [-0.15, -0.1) is 0 Å². The Hall–Kier alpha value is -1.59. The van der Waals surface area contributed by atoms with Crippen molar-refractivity contribution in [3.63, 3.8) is 0 Å². The van der Waals surface area contributed by atoms with Crippen LogP contribution >= 0.6 is 0 Å². The van der Waals surface area contributed by atoms with Crippen LogP contribution in [0.1, 0.15) is 37.7 Å². The molecule has 3 rings (SSSR count). The third-order valence-electron chi connectivity index (χ3n) is 4.58. The van der Waals surface area contributed by atoms with E-state index in [9.17, 15) is 4.79 Å². The molecule has 1 amide bonds. The monoisotopic (exact) mass is 319 g/mol. The molecular weight excluding hydrogens is 294 g/mol. The van der Waals surface area contributed by atoms with Gasteiger partial charge in [-0.1, -0.05) is 18.6 Å². The smallest absolute Gasteiger partial charge is 0.224 e. The predicted octanol–water partition coefficient (Wildman–Crippen LogP) is 2.43. The van der Waals surface area contributed by atoms with Crippen LogP contribution in [0.3, 0.4) is 0 Å². The van der Waals surface area contributed by atoms with Crippen molar-refractivity contribution in [1.82, 2.24) is 5.32 Å². The van der Waals surface area contributed by atoms with Gasteiger partial charge in [-0.3, -0.25) is 4.79 Å². The van der Waals surface area contributed by atoms with Crippen LogP contribution in [0.5, 0.6) is 5.75 Å². The number of carbonyl (C=O) groups excluding carboxylic acids is 1. The van der Waals surface area contributed by atoms with E-state index in [2.05, 4.69) is 5.32 Å². The van der Waals surface area contributed by atoms with Gasteiger partial charge in [0.25, 0.3) is 0 Å². The standard InChI is InChI=1S/C18H25NO4/c1-21-15-7-5-14(6-8-15)11-17(20)19-12-16-13-22-18(23-16)9-3-2-4-10-18/h5-8,16H,2-4,9-13H2,1H3,(H,19,20)/t16-/m1/s1. The third-order valence-corrected chi connectivity index (χ3v) is 4.58. The highest BCUT2D eigenvalue weighted by molar-refractivity contribution is 5.78. The Balaban J connectivity index is 1.42. The fourth-order valence-electron chi connectivity index (χ4n) is 3.29. The molecule has 1 N–H and O–H groups in total. The first-order valence-electron chi connectivity index (χ1n) is 8.40. The maximum Gasteiger partial charge on any atom is 0.224 e. The van der Waals surface area contributed by atoms with Gasteiger partial charge < -0.3 is 19.5 Å². The number of ether oxygens (including phenoxy) is 3. The van der Waals surface area contributed by atoms with Crippen molar-refractivity contribution in [2.45, 2.75) is 50.4 Å². The van der Waals surface area contributed by atoms with E-state index >= 15 is 0 Å². The molecule has 1 aliphatic heterocycles. The van der Waals surface area contributed by atoms with Gasteiger partial charge in [0, 0.05) is 19.4 Å². The minimum Gasteiger partial charge on any atom is -0.497 e. The first kappa shape index (κ1) is 16.3. The van der Waals surface area contributed by atoms with Gasteiger partial charge in [0.15, 0.2) is 5.79 Å². The van der Waals surface area contributed by atoms with E-state index in [4.69, 9.17) is 14.2 Å². The van der Waals surface area contributed by atoms with Crippen molar-refractivity contribution in [1.29, 1.82) is 0 Å². The molecule has 2 fully saturated rings. The molecule has 0 unspecified atom stereocenters. The summed E-state index contributed by atoms with van der Waals surface area (Å²) in [6, 6.07) is 7.54. The maximum absolute atomic E-state index is 12.1. The quantitative estimate of drug-likeness (QED) is 0.905. The summed E-state index contributed by atoms with van der Waals surface area (Å²) in [5, 5.41) is 2.95. The Bertz CT molecular complexity index is 522. The molecule has 1 saturated carbocycles. The lowest BCUT2D eigenvalue weighted by molar-refractivity contribution is -0.186. The largest absolute Gasteiger partial charge is 0.497 e. The first-order chi connectivity index (χ1) is 11.2. The molecule has 5 nitrogen and oxygen atoms in total. The highest BCUT2D eigenvalue weighted by Gasteiger charge is 2.42. The predicted molar refractivity (Wildman–Crippen MR) is 86.3 cm³/mol. The molecule has 5 heteroatoms. The van der Waals surface area contributed by atoms with Crippen LogP contribution in [0.25, 0.3) is 0 Å². The summed E-state index contributed by atoms with van der Waals surface area (Å²) in [7, 11) is 1.63. The Morgan fingerprint density at radius 1 is 1.26 bits per heavy atom. The number of methoxy groups -OCH3 is 1. The van der Waals surface area contributed by atoms with E-state index in [1.807, 2.05) is 24.3 Å². The highest BCUT2D eigenvalue weighted by Crippen LogP contribution is 2.37. The lowest BCUT2D eigenvalue weighted by Crippen LogP contribution is -2.37. The number of benzene rings is 1. The van der Waals surface area contributed by atoms with E-state index in [0.717, 1.165) is 37.0 Å². The summed E-state index contributed by atoms with van der Waals surface area (Å²) in [5.74, 6) is 0.427. The van der Waals surface area contributed by atoms with Crippen molar-refractivity contribution in [2.24, 2.45) is 0 Å². The summed E-state index contributed by atoms with van der Waals surface area (Å²) in [5.41, 5.74) is 0.968. The molecule has 1 aromatic carbocycles. The zero-order chi connectivity index (χ0) is 16.1. The molecule has 1 atom stereocenters. The van der Waals surface area contributed by atoms with E-state index in [-0.39, 0.29) is 17.8 Å². The van der Waals surface area contributed by atoms with Gasteiger partial charge >= 0.3 is 0 Å². The Kier molecular flexibility index (Phi) is 5.18. The summed E-state index contributed by atoms with van der Waals surface area (Å²) in [6.45, 7) is 1.08. The topological polar surface area (TPSA) is 56.8 Å². The van der Waals surface area contributed by atoms with Gasteiger partial charge in [0.05, 0.1) is 20.1 Å². The molecular formula is C18H25NO4. The van der Waals surface area contributed by atoms with Crippen molar-refractivity contribution < 1.29 is 19.0 Å². The Morgan fingerprint density at radius 3 is 2.70 bits per heavy atom. The van der Waals surface area contributed by atoms with E-state index in [1.165, 1.54) is 6.42 Å². The summed E-state index contributed by atoms with van der Waals surface area (Å²) < 4.78 is 17.1. The molecule has 1 aliphatic carbocycles. The normalized spacial score (nSPS) is 22.9. The number of nitrogens with one attached hydrogen (secondary N) is 1. The van der Waals surface area contributed by atoms with E-state index in [1.54, 1.807) is 7.11 Å². The molecule has 0 bridgehead atoms. The zero-order valence-corrected chi connectivity index (χ0v) is 13.7. The average molecular weight is 319 g/mol. The second-order valence-electron chi connectivity index (χ2n) is 6.35. The molecule has 23 heavy (non-hydrogen) atoms. The van der Waals surface area contributed by atoms with E-state index < -0.39 is 0 Å². The lowest BCUT2D eigenvalue weighted by atomic mass is 9.94. The van der Waals surface area contributed by atoms with Gasteiger partial charge in [0.2, 0.25) is 5.91 Å². The number of amides is 1. The molecule has 0 aromatic heterocycles. The van der Waals surface area contributed by atoms with Crippen LogP contribution in [-0.4, -0.2) is 38.1 Å². The van der Waals surface area contributed by atoms with Gasteiger partial charge in [-0.25, -0.2) is 0 Å². The minimum absolute atomic E-state index is 0.00311. The second kappa shape index (κ2) is 7.32. The van der Waals surface area contributed by atoms with Crippen LogP contribution in [0.15, 0.2) is 24.3 Å². The number of hydrogen-bond donors (Lipinski definition) is 1. The molecule has 1 heterocycles. The molecule has 1 aromatic rings. The SMILES string of the molecule is COc1ccc(CC(=O)NC[C@@H]2COC3(CCCCC3)O2)cc1. The van der Waals surface area contributed by atoms with Gasteiger partial charge in [-0.2, -0.15) is 0 Å². The number of hydrogen-bond acceptors (Lipinski definition) is 4. The van der Waals surface area contributed by atoms with Crippen LogP contribution in [0.2, 0.25) is 0 Å². The number of carbonyl (C=O) groups is 1. The molecule has 1 spiro atoms. The van der Waals surface area contributed by atoms with Crippen LogP contribution in [0.4, 0.5) is 0 Å². The maximum atomic E-state index is 12.1. The van der Waals surface area contributed by atoms with Gasteiger partial charge in [-0.05, 0) is 30.5 Å². The van der Waals surface area contributed by atoms with Crippen LogP contribution in [0, 0.1) is 0 Å². The van der Waals surface area contributed by atoms with Crippen LogP contribution in [-0.2, 0) is 20.7 Å². The molecule has 2 aliphatic rings. The van der Waals surface area contributed by atoms with Crippen molar-refractivity contribution >= 4 is 5.91 Å². The second-order valence-corrected chi connectivity index (χ2v) is 6.35. The Labute approximate surface area is 137 Å². The van der Waals surface area contributed by atoms with Crippen molar-refractivity contribution in [3.05, 3.63) is 29.8 Å². The van der Waals surface area contributed by atoms with Gasteiger partial charge in [0.1, 0.15) is 11.9 Å². The zero-order valence-electron chi connectivity index (χ0n) is 13.7. The summed E-state index contributed by atoms with van der Waals surface area (Å²) in [4.78, 5) is 12.1. The van der Waals surface area contributed by atoms with Crippen molar-refractivity contribution in [3.8, 4) is 5.75 Å². The highest BCUT2D eigenvalue weighted by atomic mass is 16.7. The fourth-order valence-corrected chi connectivity index (χ4v) is 3.29. The summed E-state index contributed by atoms with van der Waals surface area (Å²) >= 11 is 0. The van der Waals surface area contributed by atoms with Crippen LogP contribution < -0.4 is 10.1 Å². The summed E-state index contributed by atoms with van der Waals surface area (Å²) in [6.07, 6.45) is 5.87.